The molecule has 1 aromatic carbocycles. The lowest BCUT2D eigenvalue weighted by atomic mass is 10.00. The predicted molar refractivity (Wildman–Crippen MR) is 91.2 cm³/mol. The Hall–Kier alpha value is -1.36. The van der Waals surface area contributed by atoms with Crippen LogP contribution in [0.5, 0.6) is 0 Å². The Morgan fingerprint density at radius 2 is 1.91 bits per heavy atom. The molecule has 1 N–H and O–H groups in total. The van der Waals surface area contributed by atoms with Crippen LogP contribution in [0.4, 0.5) is 0 Å². The Labute approximate surface area is 138 Å². The molecule has 126 valence electrons. The summed E-state index contributed by atoms with van der Waals surface area (Å²) in [4.78, 5) is 12.3. The van der Waals surface area contributed by atoms with Gasteiger partial charge in [-0.3, -0.25) is 4.79 Å². The molecule has 1 saturated heterocycles. The lowest BCUT2D eigenvalue weighted by Crippen LogP contribution is -2.43. The third kappa shape index (κ3) is 3.94. The minimum atomic E-state index is -2.98. The molecule has 0 radical (unpaired) electrons. The van der Waals surface area contributed by atoms with Gasteiger partial charge in [-0.1, -0.05) is 38.1 Å². The highest BCUT2D eigenvalue weighted by Crippen LogP contribution is 2.47. The summed E-state index contributed by atoms with van der Waals surface area (Å²) in [5, 5.41) is 2.95. The summed E-state index contributed by atoms with van der Waals surface area (Å²) in [5.41, 5.74) is 2.52. The average Bonchev–Trinajstić information content (AvgIpc) is 3.27. The standard InChI is InChI=1S/C18H25NO3S/c1-12(2)13-5-7-14(8-6-13)16-10-17(16)18(20)19-15-4-3-9-23(21,22)11-15/h5-8,12,15-17H,3-4,9-11H2,1-2H3,(H,19,20)/t15-,16+,17-/m1/s1. The van der Waals surface area contributed by atoms with E-state index in [9.17, 15) is 13.2 Å². The van der Waals surface area contributed by atoms with E-state index in [1.165, 1.54) is 11.1 Å². The van der Waals surface area contributed by atoms with Gasteiger partial charge in [-0.05, 0) is 42.2 Å². The number of carbonyl (C=O) groups excluding carboxylic acids is 1. The highest BCUT2D eigenvalue weighted by molar-refractivity contribution is 7.91. The minimum absolute atomic E-state index is 0.00420. The monoisotopic (exact) mass is 335 g/mol. The van der Waals surface area contributed by atoms with Crippen LogP contribution in [0.25, 0.3) is 0 Å². The number of hydrogen-bond acceptors (Lipinski definition) is 3. The molecule has 23 heavy (non-hydrogen) atoms. The van der Waals surface area contributed by atoms with E-state index >= 15 is 0 Å². The molecule has 1 heterocycles. The van der Waals surface area contributed by atoms with Gasteiger partial charge in [0.1, 0.15) is 0 Å². The van der Waals surface area contributed by atoms with Gasteiger partial charge in [-0.2, -0.15) is 0 Å². The first-order valence-corrected chi connectivity index (χ1v) is 10.3. The van der Waals surface area contributed by atoms with Crippen molar-refractivity contribution in [3.05, 3.63) is 35.4 Å². The second kappa shape index (κ2) is 6.27. The summed E-state index contributed by atoms with van der Waals surface area (Å²) in [6.07, 6.45) is 2.29. The van der Waals surface area contributed by atoms with Crippen LogP contribution in [-0.4, -0.2) is 31.9 Å². The Kier molecular flexibility index (Phi) is 4.50. The van der Waals surface area contributed by atoms with Crippen LogP contribution in [0.15, 0.2) is 24.3 Å². The second-order valence-corrected chi connectivity index (χ2v) is 9.46. The van der Waals surface area contributed by atoms with E-state index in [0.29, 0.717) is 12.3 Å². The lowest BCUT2D eigenvalue weighted by Gasteiger charge is -2.23. The maximum Gasteiger partial charge on any atom is 0.223 e. The van der Waals surface area contributed by atoms with Gasteiger partial charge in [0.2, 0.25) is 5.91 Å². The highest BCUT2D eigenvalue weighted by Gasteiger charge is 2.44. The fraction of sp³-hybridized carbons (Fsp3) is 0.611. The molecule has 1 aromatic rings. The molecule has 3 rings (SSSR count). The van der Waals surface area contributed by atoms with E-state index in [0.717, 1.165) is 12.8 Å². The fourth-order valence-corrected chi connectivity index (χ4v) is 5.06. The van der Waals surface area contributed by atoms with E-state index in [1.54, 1.807) is 0 Å². The molecule has 1 amide bonds. The third-order valence-corrected chi connectivity index (χ3v) is 6.79. The lowest BCUT2D eigenvalue weighted by molar-refractivity contribution is -0.123. The molecule has 1 aliphatic heterocycles. The van der Waals surface area contributed by atoms with E-state index in [2.05, 4.69) is 43.4 Å². The summed E-state index contributed by atoms with van der Waals surface area (Å²) in [6, 6.07) is 8.32. The minimum Gasteiger partial charge on any atom is -0.352 e. The molecule has 3 atom stereocenters. The van der Waals surface area contributed by atoms with Crippen molar-refractivity contribution in [2.45, 2.75) is 51.0 Å². The SMILES string of the molecule is CC(C)c1ccc([C@@H]2C[C@H]2C(=O)N[C@@H]2CCCS(=O)(=O)C2)cc1. The molecule has 0 unspecified atom stereocenters. The summed E-state index contributed by atoms with van der Waals surface area (Å²) in [6.45, 7) is 4.33. The summed E-state index contributed by atoms with van der Waals surface area (Å²) < 4.78 is 23.3. The van der Waals surface area contributed by atoms with Crippen molar-refractivity contribution in [3.8, 4) is 0 Å². The third-order valence-electron chi connectivity index (χ3n) is 4.97. The number of rotatable bonds is 4. The van der Waals surface area contributed by atoms with Crippen LogP contribution in [0.1, 0.15) is 56.1 Å². The van der Waals surface area contributed by atoms with Crippen LogP contribution < -0.4 is 5.32 Å². The van der Waals surface area contributed by atoms with Gasteiger partial charge in [0.25, 0.3) is 0 Å². The normalized spacial score (nSPS) is 29.3. The second-order valence-electron chi connectivity index (χ2n) is 7.23. The van der Waals surface area contributed by atoms with Gasteiger partial charge in [0.15, 0.2) is 9.84 Å². The Balaban J connectivity index is 1.56. The molecule has 5 heteroatoms. The van der Waals surface area contributed by atoms with E-state index in [1.807, 2.05) is 0 Å². The molecule has 4 nitrogen and oxygen atoms in total. The molecule has 0 spiro atoms. The average molecular weight is 335 g/mol. The number of carbonyl (C=O) groups is 1. The van der Waals surface area contributed by atoms with Gasteiger partial charge >= 0.3 is 0 Å². The summed E-state index contributed by atoms with van der Waals surface area (Å²) in [7, 11) is -2.98. The van der Waals surface area contributed by atoms with Crippen LogP contribution in [-0.2, 0) is 14.6 Å². The smallest absolute Gasteiger partial charge is 0.223 e. The highest BCUT2D eigenvalue weighted by atomic mass is 32.2. The molecular formula is C18H25NO3S. The molecule has 2 fully saturated rings. The van der Waals surface area contributed by atoms with Crippen molar-refractivity contribution < 1.29 is 13.2 Å². The van der Waals surface area contributed by atoms with Crippen molar-refractivity contribution in [2.75, 3.05) is 11.5 Å². The van der Waals surface area contributed by atoms with Gasteiger partial charge in [-0.15, -0.1) is 0 Å². The maximum absolute atomic E-state index is 12.3. The van der Waals surface area contributed by atoms with Crippen LogP contribution in [0.3, 0.4) is 0 Å². The molecule has 0 bridgehead atoms. The molecule has 1 saturated carbocycles. The van der Waals surface area contributed by atoms with Gasteiger partial charge in [0, 0.05) is 12.0 Å². The Morgan fingerprint density at radius 3 is 2.52 bits per heavy atom. The predicted octanol–water partition coefficient (Wildman–Crippen LogP) is 2.61. The first kappa shape index (κ1) is 16.5. The van der Waals surface area contributed by atoms with Gasteiger partial charge in [-0.25, -0.2) is 8.42 Å². The van der Waals surface area contributed by atoms with Crippen molar-refractivity contribution in [3.63, 3.8) is 0 Å². The maximum atomic E-state index is 12.3. The van der Waals surface area contributed by atoms with Crippen molar-refractivity contribution in [2.24, 2.45) is 5.92 Å². The van der Waals surface area contributed by atoms with Crippen LogP contribution in [0, 0.1) is 5.92 Å². The van der Waals surface area contributed by atoms with Crippen molar-refractivity contribution in [1.29, 1.82) is 0 Å². The number of benzene rings is 1. The molecule has 2 aliphatic rings. The Bertz CT molecular complexity index is 679. The number of nitrogens with one attached hydrogen (secondary N) is 1. The zero-order valence-corrected chi connectivity index (χ0v) is 14.6. The largest absolute Gasteiger partial charge is 0.352 e. The number of amides is 1. The first-order chi connectivity index (χ1) is 10.9. The summed E-state index contributed by atoms with van der Waals surface area (Å²) in [5.74, 6) is 1.17. The van der Waals surface area contributed by atoms with Crippen LogP contribution >= 0.6 is 0 Å². The molecule has 1 aliphatic carbocycles. The first-order valence-electron chi connectivity index (χ1n) is 8.46. The Morgan fingerprint density at radius 1 is 1.22 bits per heavy atom. The quantitative estimate of drug-likeness (QED) is 0.920. The zero-order valence-electron chi connectivity index (χ0n) is 13.8. The van der Waals surface area contributed by atoms with Gasteiger partial charge in [0.05, 0.1) is 11.5 Å². The zero-order chi connectivity index (χ0) is 16.6. The van der Waals surface area contributed by atoms with E-state index < -0.39 is 9.84 Å². The van der Waals surface area contributed by atoms with Gasteiger partial charge < -0.3 is 5.32 Å². The fourth-order valence-electron chi connectivity index (χ4n) is 3.43. The van der Waals surface area contributed by atoms with E-state index in [-0.39, 0.29) is 35.3 Å². The molecular weight excluding hydrogens is 310 g/mol. The number of sulfone groups is 1. The number of hydrogen-bond donors (Lipinski definition) is 1. The summed E-state index contributed by atoms with van der Waals surface area (Å²) >= 11 is 0. The topological polar surface area (TPSA) is 63.2 Å². The van der Waals surface area contributed by atoms with E-state index in [4.69, 9.17) is 0 Å². The van der Waals surface area contributed by atoms with Crippen molar-refractivity contribution in [1.82, 2.24) is 5.32 Å². The molecule has 0 aromatic heterocycles. The van der Waals surface area contributed by atoms with Crippen LogP contribution in [0.2, 0.25) is 0 Å². The van der Waals surface area contributed by atoms with Crippen molar-refractivity contribution >= 4 is 15.7 Å².